The van der Waals surface area contributed by atoms with E-state index in [0.29, 0.717) is 24.3 Å². The third kappa shape index (κ3) is 5.66. The number of ether oxygens (including phenoxy) is 2. The van der Waals surface area contributed by atoms with E-state index in [0.717, 1.165) is 5.56 Å². The number of benzene rings is 2. The number of hydrogen-bond acceptors (Lipinski definition) is 4. The molecule has 136 valence electrons. The average molecular weight is 355 g/mol. The molecule has 0 spiro atoms. The van der Waals surface area contributed by atoms with Crippen LogP contribution in [-0.2, 0) is 11.3 Å². The Balaban J connectivity index is 1.79. The van der Waals surface area contributed by atoms with Crippen LogP contribution in [0.15, 0.2) is 54.6 Å². The number of amides is 1. The second kappa shape index (κ2) is 9.88. The average Bonchev–Trinajstić information content (AvgIpc) is 2.66. The SMILES string of the molecule is COc1cccc(C=CCCNC(=O)OCc2ccccc2)c1C(=O)O. The first kappa shape index (κ1) is 19.1. The molecule has 0 aromatic heterocycles. The Labute approximate surface area is 152 Å². The predicted molar refractivity (Wildman–Crippen MR) is 98.2 cm³/mol. The number of nitrogens with one attached hydrogen (secondary N) is 1. The Morgan fingerprint density at radius 1 is 1.12 bits per heavy atom. The summed E-state index contributed by atoms with van der Waals surface area (Å²) in [7, 11) is 1.43. The number of carbonyl (C=O) groups excluding carboxylic acids is 1. The highest BCUT2D eigenvalue weighted by Crippen LogP contribution is 2.23. The highest BCUT2D eigenvalue weighted by molar-refractivity contribution is 5.95. The second-order valence-corrected chi connectivity index (χ2v) is 5.41. The zero-order valence-corrected chi connectivity index (χ0v) is 14.5. The van der Waals surface area contributed by atoms with Crippen molar-refractivity contribution in [2.24, 2.45) is 0 Å². The number of carbonyl (C=O) groups is 2. The summed E-state index contributed by atoms with van der Waals surface area (Å²) in [5, 5.41) is 12.0. The van der Waals surface area contributed by atoms with Crippen molar-refractivity contribution in [2.75, 3.05) is 13.7 Å². The van der Waals surface area contributed by atoms with Crippen LogP contribution in [0.1, 0.15) is 27.9 Å². The molecule has 0 aliphatic carbocycles. The van der Waals surface area contributed by atoms with Crippen molar-refractivity contribution in [3.8, 4) is 5.75 Å². The van der Waals surface area contributed by atoms with Crippen LogP contribution < -0.4 is 10.1 Å². The summed E-state index contributed by atoms with van der Waals surface area (Å²) in [6.45, 7) is 0.602. The molecule has 6 heteroatoms. The minimum Gasteiger partial charge on any atom is -0.496 e. The van der Waals surface area contributed by atoms with Gasteiger partial charge in [0.25, 0.3) is 0 Å². The molecule has 0 heterocycles. The molecule has 0 unspecified atom stereocenters. The smallest absolute Gasteiger partial charge is 0.407 e. The maximum Gasteiger partial charge on any atom is 0.407 e. The largest absolute Gasteiger partial charge is 0.496 e. The van der Waals surface area contributed by atoms with Crippen molar-refractivity contribution < 1.29 is 24.2 Å². The van der Waals surface area contributed by atoms with Gasteiger partial charge in [-0.05, 0) is 23.6 Å². The zero-order chi connectivity index (χ0) is 18.8. The summed E-state index contributed by atoms with van der Waals surface area (Å²) in [5.74, 6) is -0.744. The first-order valence-electron chi connectivity index (χ1n) is 8.13. The molecule has 6 nitrogen and oxygen atoms in total. The minimum absolute atomic E-state index is 0.112. The molecule has 26 heavy (non-hydrogen) atoms. The molecule has 2 aromatic rings. The minimum atomic E-state index is -1.05. The molecule has 2 N–H and O–H groups in total. The van der Waals surface area contributed by atoms with Crippen molar-refractivity contribution in [3.05, 3.63) is 71.3 Å². The van der Waals surface area contributed by atoms with Gasteiger partial charge in [-0.2, -0.15) is 0 Å². The van der Waals surface area contributed by atoms with Crippen molar-refractivity contribution >= 4 is 18.1 Å². The topological polar surface area (TPSA) is 84.9 Å². The zero-order valence-electron chi connectivity index (χ0n) is 14.5. The number of aromatic carboxylic acids is 1. The van der Waals surface area contributed by atoms with Crippen LogP contribution in [0.4, 0.5) is 4.79 Å². The van der Waals surface area contributed by atoms with Crippen molar-refractivity contribution in [1.82, 2.24) is 5.32 Å². The Morgan fingerprint density at radius 2 is 1.88 bits per heavy atom. The summed E-state index contributed by atoms with van der Waals surface area (Å²) in [5.41, 5.74) is 1.58. The van der Waals surface area contributed by atoms with Crippen LogP contribution in [0, 0.1) is 0 Å². The van der Waals surface area contributed by atoms with Gasteiger partial charge in [-0.3, -0.25) is 0 Å². The van der Waals surface area contributed by atoms with Crippen LogP contribution in [0.5, 0.6) is 5.75 Å². The maximum absolute atomic E-state index is 11.6. The van der Waals surface area contributed by atoms with E-state index >= 15 is 0 Å². The van der Waals surface area contributed by atoms with E-state index in [1.165, 1.54) is 7.11 Å². The Bertz CT molecular complexity index is 771. The van der Waals surface area contributed by atoms with Gasteiger partial charge in [-0.15, -0.1) is 0 Å². The molecule has 0 saturated heterocycles. The highest BCUT2D eigenvalue weighted by atomic mass is 16.5. The molecule has 0 aliphatic heterocycles. The second-order valence-electron chi connectivity index (χ2n) is 5.41. The van der Waals surface area contributed by atoms with Gasteiger partial charge in [0.2, 0.25) is 0 Å². The van der Waals surface area contributed by atoms with Crippen molar-refractivity contribution in [1.29, 1.82) is 0 Å². The van der Waals surface area contributed by atoms with E-state index in [9.17, 15) is 14.7 Å². The number of hydrogen-bond donors (Lipinski definition) is 2. The lowest BCUT2D eigenvalue weighted by Crippen LogP contribution is -2.24. The standard InChI is InChI=1S/C20H21NO5/c1-25-17-12-7-11-16(18(17)19(22)23)10-5-6-13-21-20(24)26-14-15-8-3-2-4-9-15/h2-5,7-12H,6,13-14H2,1H3,(H,21,24)(H,22,23). The lowest BCUT2D eigenvalue weighted by molar-refractivity contribution is 0.0693. The summed E-state index contributed by atoms with van der Waals surface area (Å²) in [4.78, 5) is 23.0. The van der Waals surface area contributed by atoms with Gasteiger partial charge in [-0.25, -0.2) is 9.59 Å². The van der Waals surface area contributed by atoms with E-state index in [1.807, 2.05) is 30.3 Å². The molecule has 0 saturated carbocycles. The summed E-state index contributed by atoms with van der Waals surface area (Å²) < 4.78 is 10.2. The summed E-state index contributed by atoms with van der Waals surface area (Å²) in [6.07, 6.45) is 3.54. The van der Waals surface area contributed by atoms with Gasteiger partial charge in [0.15, 0.2) is 0 Å². The molecule has 0 radical (unpaired) electrons. The van der Waals surface area contributed by atoms with E-state index in [-0.39, 0.29) is 12.2 Å². The van der Waals surface area contributed by atoms with Crippen molar-refractivity contribution in [2.45, 2.75) is 13.0 Å². The number of methoxy groups -OCH3 is 1. The molecule has 2 aromatic carbocycles. The van der Waals surface area contributed by atoms with Crippen LogP contribution in [0.2, 0.25) is 0 Å². The number of carboxylic acid groups (broad SMARTS) is 1. The monoisotopic (exact) mass is 355 g/mol. The molecule has 0 bridgehead atoms. The Kier molecular flexibility index (Phi) is 7.24. The quantitative estimate of drug-likeness (QED) is 0.705. The third-order valence-corrected chi connectivity index (χ3v) is 3.58. The first-order chi connectivity index (χ1) is 12.6. The maximum atomic E-state index is 11.6. The van der Waals surface area contributed by atoms with Gasteiger partial charge in [0.05, 0.1) is 7.11 Å². The number of carboxylic acids is 1. The van der Waals surface area contributed by atoms with Gasteiger partial charge in [-0.1, -0.05) is 54.6 Å². The number of rotatable bonds is 8. The third-order valence-electron chi connectivity index (χ3n) is 3.58. The molecule has 2 rings (SSSR count). The number of alkyl carbamates (subject to hydrolysis) is 1. The highest BCUT2D eigenvalue weighted by Gasteiger charge is 2.14. The van der Waals surface area contributed by atoms with Gasteiger partial charge in [0.1, 0.15) is 17.9 Å². The fraction of sp³-hybridized carbons (Fsp3) is 0.200. The van der Waals surface area contributed by atoms with Gasteiger partial charge in [0, 0.05) is 6.54 Å². The molecule has 0 fully saturated rings. The van der Waals surface area contributed by atoms with E-state index in [4.69, 9.17) is 9.47 Å². The molecule has 0 atom stereocenters. The van der Waals surface area contributed by atoms with Gasteiger partial charge < -0.3 is 19.9 Å². The lowest BCUT2D eigenvalue weighted by atomic mass is 10.1. The van der Waals surface area contributed by atoms with E-state index < -0.39 is 12.1 Å². The first-order valence-corrected chi connectivity index (χ1v) is 8.13. The van der Waals surface area contributed by atoms with E-state index in [2.05, 4.69) is 5.32 Å². The Morgan fingerprint density at radius 3 is 2.58 bits per heavy atom. The molecular formula is C20H21NO5. The Hall–Kier alpha value is -3.28. The molecule has 1 amide bonds. The lowest BCUT2D eigenvalue weighted by Gasteiger charge is -2.08. The van der Waals surface area contributed by atoms with Crippen LogP contribution in [-0.4, -0.2) is 30.8 Å². The fourth-order valence-electron chi connectivity index (χ4n) is 2.33. The molecular weight excluding hydrogens is 334 g/mol. The van der Waals surface area contributed by atoms with Crippen LogP contribution >= 0.6 is 0 Å². The van der Waals surface area contributed by atoms with E-state index in [1.54, 1.807) is 30.4 Å². The fourth-order valence-corrected chi connectivity index (χ4v) is 2.33. The van der Waals surface area contributed by atoms with Crippen LogP contribution in [0.3, 0.4) is 0 Å². The summed E-state index contributed by atoms with van der Waals surface area (Å²) in [6, 6.07) is 14.4. The predicted octanol–water partition coefficient (Wildman–Crippen LogP) is 3.72. The summed E-state index contributed by atoms with van der Waals surface area (Å²) >= 11 is 0. The van der Waals surface area contributed by atoms with Crippen molar-refractivity contribution in [3.63, 3.8) is 0 Å². The molecule has 0 aliphatic rings. The normalized spacial score (nSPS) is 10.5. The van der Waals surface area contributed by atoms with Gasteiger partial charge >= 0.3 is 12.1 Å². The van der Waals surface area contributed by atoms with Crippen LogP contribution in [0.25, 0.3) is 6.08 Å².